The molecule has 1 atom stereocenters. The number of hydrogen-bond donors (Lipinski definition) is 1. The first-order chi connectivity index (χ1) is 17.3. The van der Waals surface area contributed by atoms with E-state index in [0.29, 0.717) is 31.9 Å². The average Bonchev–Trinajstić information content (AvgIpc) is 2.90. The van der Waals surface area contributed by atoms with Crippen molar-refractivity contribution < 1.29 is 28.8 Å². The highest BCUT2D eigenvalue weighted by Crippen LogP contribution is 2.20. The number of hydrogen-bond acceptors (Lipinski definition) is 8. The van der Waals surface area contributed by atoms with Gasteiger partial charge in [0.1, 0.15) is 11.8 Å². The molecule has 1 aliphatic rings. The van der Waals surface area contributed by atoms with Crippen molar-refractivity contribution in [1.82, 2.24) is 10.2 Å². The lowest BCUT2D eigenvalue weighted by Gasteiger charge is -2.36. The van der Waals surface area contributed by atoms with Crippen LogP contribution in [0.3, 0.4) is 0 Å². The standard InChI is InChI=1S/C25H28N4O7/c1-18(26-23(30)12-5-19-3-10-22(35-2)11-4-19)25(32)36-17-24(31)28-15-13-27(14-16-28)20-6-8-21(9-7-20)29(33)34/h3-12,18H,13-17H2,1-2H3,(H,26,30)/t18-/m0/s1. The fourth-order valence-electron chi connectivity index (χ4n) is 3.56. The van der Waals surface area contributed by atoms with Crippen LogP contribution in [0, 0.1) is 10.1 Å². The average molecular weight is 497 g/mol. The lowest BCUT2D eigenvalue weighted by Crippen LogP contribution is -2.50. The van der Waals surface area contributed by atoms with E-state index in [9.17, 15) is 24.5 Å². The van der Waals surface area contributed by atoms with Crippen LogP contribution in [0.4, 0.5) is 11.4 Å². The van der Waals surface area contributed by atoms with Crippen LogP contribution in [0.15, 0.2) is 54.6 Å². The zero-order chi connectivity index (χ0) is 26.1. The maximum atomic E-state index is 12.5. The molecule has 11 nitrogen and oxygen atoms in total. The summed E-state index contributed by atoms with van der Waals surface area (Å²) in [5.41, 5.74) is 1.65. The van der Waals surface area contributed by atoms with E-state index in [1.165, 1.54) is 25.1 Å². The molecule has 0 unspecified atom stereocenters. The van der Waals surface area contributed by atoms with Crippen LogP contribution in [0.1, 0.15) is 12.5 Å². The van der Waals surface area contributed by atoms with E-state index in [0.717, 1.165) is 11.3 Å². The number of non-ortho nitro benzene ring substituents is 1. The summed E-state index contributed by atoms with van der Waals surface area (Å²) in [6.45, 7) is 3.01. The van der Waals surface area contributed by atoms with Crippen LogP contribution >= 0.6 is 0 Å². The Hall–Kier alpha value is -4.41. The molecule has 1 N–H and O–H groups in total. The summed E-state index contributed by atoms with van der Waals surface area (Å²) in [6, 6.07) is 12.4. The van der Waals surface area contributed by atoms with Crippen molar-refractivity contribution in [3.05, 3.63) is 70.3 Å². The van der Waals surface area contributed by atoms with E-state index in [1.807, 2.05) is 4.90 Å². The van der Waals surface area contributed by atoms with E-state index in [1.54, 1.807) is 54.5 Å². The molecule has 3 rings (SSSR count). The third-order valence-corrected chi connectivity index (χ3v) is 5.65. The van der Waals surface area contributed by atoms with E-state index in [4.69, 9.17) is 9.47 Å². The first-order valence-corrected chi connectivity index (χ1v) is 11.3. The monoisotopic (exact) mass is 496 g/mol. The Morgan fingerprint density at radius 3 is 2.28 bits per heavy atom. The van der Waals surface area contributed by atoms with Gasteiger partial charge in [-0.2, -0.15) is 0 Å². The molecular formula is C25H28N4O7. The molecule has 1 saturated heterocycles. The number of piperazine rings is 1. The van der Waals surface area contributed by atoms with E-state index < -0.39 is 29.4 Å². The zero-order valence-corrected chi connectivity index (χ0v) is 20.1. The summed E-state index contributed by atoms with van der Waals surface area (Å²) in [6.07, 6.45) is 2.91. The van der Waals surface area contributed by atoms with Crippen molar-refractivity contribution in [2.75, 3.05) is 44.8 Å². The fourth-order valence-corrected chi connectivity index (χ4v) is 3.56. The second-order valence-electron chi connectivity index (χ2n) is 8.09. The second kappa shape index (κ2) is 12.3. The van der Waals surface area contributed by atoms with Gasteiger partial charge >= 0.3 is 5.97 Å². The molecule has 0 bridgehead atoms. The van der Waals surface area contributed by atoms with Crippen LogP contribution in [0.25, 0.3) is 6.08 Å². The minimum atomic E-state index is -0.926. The van der Waals surface area contributed by atoms with Crippen LogP contribution in [-0.4, -0.2) is 73.5 Å². The summed E-state index contributed by atoms with van der Waals surface area (Å²) in [5, 5.41) is 13.3. The Kier molecular flexibility index (Phi) is 8.98. The Bertz CT molecular complexity index is 1110. The van der Waals surface area contributed by atoms with Crippen molar-refractivity contribution in [2.45, 2.75) is 13.0 Å². The summed E-state index contributed by atoms with van der Waals surface area (Å²) >= 11 is 0. The highest BCUT2D eigenvalue weighted by atomic mass is 16.6. The molecule has 0 spiro atoms. The van der Waals surface area contributed by atoms with Gasteiger partial charge in [-0.25, -0.2) is 4.79 Å². The van der Waals surface area contributed by atoms with Gasteiger partial charge in [-0.1, -0.05) is 12.1 Å². The normalized spacial score (nSPS) is 14.3. The first kappa shape index (κ1) is 26.2. The number of amides is 2. The molecule has 190 valence electrons. The molecule has 1 fully saturated rings. The van der Waals surface area contributed by atoms with Crippen LogP contribution in [-0.2, 0) is 19.1 Å². The van der Waals surface area contributed by atoms with E-state index in [2.05, 4.69) is 5.32 Å². The Morgan fingerprint density at radius 2 is 1.69 bits per heavy atom. The van der Waals surface area contributed by atoms with Gasteiger partial charge < -0.3 is 24.6 Å². The number of methoxy groups -OCH3 is 1. The lowest BCUT2D eigenvalue weighted by atomic mass is 10.2. The summed E-state index contributed by atoms with van der Waals surface area (Å²) in [4.78, 5) is 50.7. The minimum absolute atomic E-state index is 0.0214. The summed E-state index contributed by atoms with van der Waals surface area (Å²) in [5.74, 6) is -0.804. The highest BCUT2D eigenvalue weighted by molar-refractivity contribution is 5.94. The number of benzene rings is 2. The molecule has 1 heterocycles. The molecular weight excluding hydrogens is 468 g/mol. The zero-order valence-electron chi connectivity index (χ0n) is 20.1. The van der Waals surface area contributed by atoms with Gasteiger partial charge in [0, 0.05) is 50.1 Å². The van der Waals surface area contributed by atoms with Crippen LogP contribution < -0.4 is 15.0 Å². The maximum absolute atomic E-state index is 12.5. The molecule has 0 aromatic heterocycles. The molecule has 0 aliphatic carbocycles. The van der Waals surface area contributed by atoms with Gasteiger partial charge in [0.05, 0.1) is 12.0 Å². The van der Waals surface area contributed by atoms with Crippen LogP contribution in [0.2, 0.25) is 0 Å². The Balaban J connectivity index is 1.39. The first-order valence-electron chi connectivity index (χ1n) is 11.3. The van der Waals surface area contributed by atoms with E-state index >= 15 is 0 Å². The lowest BCUT2D eigenvalue weighted by molar-refractivity contribution is -0.384. The predicted molar refractivity (Wildman–Crippen MR) is 132 cm³/mol. The SMILES string of the molecule is COc1ccc(C=CC(=O)N[C@@H](C)C(=O)OCC(=O)N2CCN(c3ccc([N+](=O)[O-])cc3)CC2)cc1. The smallest absolute Gasteiger partial charge is 0.328 e. The molecule has 2 amide bonds. The molecule has 11 heteroatoms. The number of nitro benzene ring substituents is 1. The van der Waals surface area contributed by atoms with Crippen molar-refractivity contribution in [3.8, 4) is 5.75 Å². The third-order valence-electron chi connectivity index (χ3n) is 5.65. The number of ether oxygens (including phenoxy) is 2. The van der Waals surface area contributed by atoms with Gasteiger partial charge in [-0.3, -0.25) is 19.7 Å². The number of nitrogens with zero attached hydrogens (tertiary/aromatic N) is 3. The Labute approximate surface area is 208 Å². The van der Waals surface area contributed by atoms with Gasteiger partial charge in [0.2, 0.25) is 5.91 Å². The molecule has 0 radical (unpaired) electrons. The molecule has 36 heavy (non-hydrogen) atoms. The van der Waals surface area contributed by atoms with Gasteiger partial charge in [-0.05, 0) is 42.8 Å². The molecule has 2 aromatic rings. The molecule has 1 aliphatic heterocycles. The second-order valence-corrected chi connectivity index (χ2v) is 8.09. The molecule has 2 aromatic carbocycles. The molecule has 0 saturated carbocycles. The van der Waals surface area contributed by atoms with Gasteiger partial charge in [0.25, 0.3) is 11.6 Å². The number of nitro groups is 1. The van der Waals surface area contributed by atoms with Crippen LogP contribution in [0.5, 0.6) is 5.75 Å². The number of rotatable bonds is 9. The van der Waals surface area contributed by atoms with Crippen molar-refractivity contribution in [1.29, 1.82) is 0 Å². The van der Waals surface area contributed by atoms with Crippen molar-refractivity contribution >= 4 is 35.2 Å². The number of esters is 1. The minimum Gasteiger partial charge on any atom is -0.497 e. The summed E-state index contributed by atoms with van der Waals surface area (Å²) < 4.78 is 10.2. The van der Waals surface area contributed by atoms with Crippen molar-refractivity contribution in [2.24, 2.45) is 0 Å². The fraction of sp³-hybridized carbons (Fsp3) is 0.320. The number of carbonyl (C=O) groups excluding carboxylic acids is 3. The maximum Gasteiger partial charge on any atom is 0.328 e. The summed E-state index contributed by atoms with van der Waals surface area (Å²) in [7, 11) is 1.57. The van der Waals surface area contributed by atoms with E-state index in [-0.39, 0.29) is 11.6 Å². The van der Waals surface area contributed by atoms with Gasteiger partial charge in [0.15, 0.2) is 6.61 Å². The number of anilines is 1. The third kappa shape index (κ3) is 7.29. The Morgan fingerprint density at radius 1 is 1.06 bits per heavy atom. The number of nitrogens with one attached hydrogen (secondary N) is 1. The topological polar surface area (TPSA) is 131 Å². The number of carbonyl (C=O) groups is 3. The van der Waals surface area contributed by atoms with Crippen molar-refractivity contribution in [3.63, 3.8) is 0 Å². The van der Waals surface area contributed by atoms with Gasteiger partial charge in [-0.15, -0.1) is 0 Å². The predicted octanol–water partition coefficient (Wildman–Crippen LogP) is 2.01. The quantitative estimate of drug-likeness (QED) is 0.241. The highest BCUT2D eigenvalue weighted by Gasteiger charge is 2.24. The largest absolute Gasteiger partial charge is 0.497 e.